The lowest BCUT2D eigenvalue weighted by molar-refractivity contribution is 0.304. The zero-order valence-corrected chi connectivity index (χ0v) is 9.55. The van der Waals surface area contributed by atoms with Gasteiger partial charge in [0.1, 0.15) is 24.0 Å². The maximum absolute atomic E-state index is 13.1. The largest absolute Gasteiger partial charge is 0.489 e. The molecule has 17 heavy (non-hydrogen) atoms. The van der Waals surface area contributed by atoms with Crippen molar-refractivity contribution in [2.45, 2.75) is 6.61 Å². The molecule has 0 aliphatic rings. The molecule has 0 saturated heterocycles. The highest BCUT2D eigenvalue weighted by atomic mass is 35.5. The predicted molar refractivity (Wildman–Crippen MR) is 62.1 cm³/mol. The third-order valence-corrected chi connectivity index (χ3v) is 2.49. The van der Waals surface area contributed by atoms with Gasteiger partial charge in [0.25, 0.3) is 0 Å². The average Bonchev–Trinajstić information content (AvgIpc) is 2.31. The molecule has 88 valence electrons. The molecule has 0 aromatic heterocycles. The highest BCUT2D eigenvalue weighted by Crippen LogP contribution is 2.18. The van der Waals surface area contributed by atoms with Crippen molar-refractivity contribution in [3.05, 3.63) is 64.7 Å². The van der Waals surface area contributed by atoms with Crippen molar-refractivity contribution in [2.24, 2.45) is 0 Å². The van der Waals surface area contributed by atoms with Crippen LogP contribution < -0.4 is 4.74 Å². The van der Waals surface area contributed by atoms with Gasteiger partial charge in [0.05, 0.1) is 5.02 Å². The summed E-state index contributed by atoms with van der Waals surface area (Å²) in [5.41, 5.74) is 0.635. The standard InChI is InChI=1S/C13H9ClF2O/c14-12-5-4-9(6-13(12)16)8-17-11-3-1-2-10(15)7-11/h1-7H,8H2. The van der Waals surface area contributed by atoms with E-state index in [0.717, 1.165) is 0 Å². The minimum absolute atomic E-state index is 0.0690. The van der Waals surface area contributed by atoms with E-state index in [-0.39, 0.29) is 17.4 Å². The second kappa shape index (κ2) is 5.15. The highest BCUT2D eigenvalue weighted by Gasteiger charge is 2.02. The van der Waals surface area contributed by atoms with Crippen molar-refractivity contribution >= 4 is 11.6 Å². The van der Waals surface area contributed by atoms with Gasteiger partial charge in [-0.1, -0.05) is 23.7 Å². The molecule has 0 amide bonds. The average molecular weight is 255 g/mol. The first kappa shape index (κ1) is 11.9. The van der Waals surface area contributed by atoms with Crippen LogP contribution >= 0.6 is 11.6 Å². The second-order valence-electron chi connectivity index (χ2n) is 3.49. The molecule has 0 aliphatic heterocycles. The summed E-state index contributed by atoms with van der Waals surface area (Å²) in [5.74, 6) is -0.461. The Balaban J connectivity index is 2.05. The number of benzene rings is 2. The van der Waals surface area contributed by atoms with Crippen LogP contribution in [0.5, 0.6) is 5.75 Å². The highest BCUT2D eigenvalue weighted by molar-refractivity contribution is 6.30. The third-order valence-electron chi connectivity index (χ3n) is 2.19. The van der Waals surface area contributed by atoms with E-state index in [0.29, 0.717) is 11.3 Å². The van der Waals surface area contributed by atoms with Crippen LogP contribution in [-0.4, -0.2) is 0 Å². The SMILES string of the molecule is Fc1cccc(OCc2ccc(Cl)c(F)c2)c1. The van der Waals surface area contributed by atoms with Gasteiger partial charge < -0.3 is 4.74 Å². The number of ether oxygens (including phenoxy) is 1. The van der Waals surface area contributed by atoms with Crippen LogP contribution in [0.3, 0.4) is 0 Å². The van der Waals surface area contributed by atoms with E-state index in [1.165, 1.54) is 24.3 Å². The Labute approximate surface area is 103 Å². The Morgan fingerprint density at radius 1 is 1.06 bits per heavy atom. The fraction of sp³-hybridized carbons (Fsp3) is 0.0769. The molecule has 2 aromatic rings. The maximum atomic E-state index is 13.1. The summed E-state index contributed by atoms with van der Waals surface area (Å²) in [6, 6.07) is 10.2. The van der Waals surface area contributed by atoms with Crippen molar-refractivity contribution in [3.8, 4) is 5.75 Å². The first-order valence-corrected chi connectivity index (χ1v) is 5.35. The molecule has 2 rings (SSSR count). The van der Waals surface area contributed by atoms with Crippen molar-refractivity contribution < 1.29 is 13.5 Å². The number of halogens is 3. The van der Waals surface area contributed by atoms with Crippen molar-refractivity contribution in [2.75, 3.05) is 0 Å². The lowest BCUT2D eigenvalue weighted by Crippen LogP contribution is -1.96. The molecule has 0 radical (unpaired) electrons. The van der Waals surface area contributed by atoms with E-state index in [1.54, 1.807) is 18.2 Å². The van der Waals surface area contributed by atoms with Gasteiger partial charge in [0.2, 0.25) is 0 Å². The molecule has 0 atom stereocenters. The molecular weight excluding hydrogens is 246 g/mol. The minimum Gasteiger partial charge on any atom is -0.489 e. The van der Waals surface area contributed by atoms with E-state index in [1.807, 2.05) is 0 Å². The van der Waals surface area contributed by atoms with Crippen LogP contribution in [-0.2, 0) is 6.61 Å². The fourth-order valence-corrected chi connectivity index (χ4v) is 1.47. The number of rotatable bonds is 3. The normalized spacial score (nSPS) is 10.3. The van der Waals surface area contributed by atoms with Crippen LogP contribution in [0.15, 0.2) is 42.5 Å². The Morgan fingerprint density at radius 2 is 1.88 bits per heavy atom. The molecule has 0 fully saturated rings. The quantitative estimate of drug-likeness (QED) is 0.798. The summed E-state index contributed by atoms with van der Waals surface area (Å²) in [7, 11) is 0. The van der Waals surface area contributed by atoms with Gasteiger partial charge in [-0.2, -0.15) is 0 Å². The zero-order valence-electron chi connectivity index (χ0n) is 8.79. The lowest BCUT2D eigenvalue weighted by atomic mass is 10.2. The molecule has 4 heteroatoms. The van der Waals surface area contributed by atoms with E-state index in [2.05, 4.69) is 0 Å². The van der Waals surface area contributed by atoms with Gasteiger partial charge in [-0.3, -0.25) is 0 Å². The zero-order chi connectivity index (χ0) is 12.3. The van der Waals surface area contributed by atoms with Crippen molar-refractivity contribution in [3.63, 3.8) is 0 Å². The summed E-state index contributed by atoms with van der Waals surface area (Å²) in [6.07, 6.45) is 0. The summed E-state index contributed by atoms with van der Waals surface area (Å²) >= 11 is 5.55. The molecular formula is C13H9ClF2O. The second-order valence-corrected chi connectivity index (χ2v) is 3.90. The van der Waals surface area contributed by atoms with Crippen LogP contribution in [0.25, 0.3) is 0 Å². The lowest BCUT2D eigenvalue weighted by Gasteiger charge is -2.06. The van der Waals surface area contributed by atoms with E-state index < -0.39 is 5.82 Å². The van der Waals surface area contributed by atoms with Gasteiger partial charge in [0.15, 0.2) is 0 Å². The van der Waals surface area contributed by atoms with E-state index >= 15 is 0 Å². The molecule has 0 bridgehead atoms. The number of hydrogen-bond donors (Lipinski definition) is 0. The maximum Gasteiger partial charge on any atom is 0.142 e. The minimum atomic E-state index is -0.494. The fourth-order valence-electron chi connectivity index (χ4n) is 1.35. The molecule has 0 unspecified atom stereocenters. The van der Waals surface area contributed by atoms with Gasteiger partial charge in [-0.25, -0.2) is 8.78 Å². The molecule has 0 saturated carbocycles. The van der Waals surface area contributed by atoms with Crippen LogP contribution in [0.1, 0.15) is 5.56 Å². The summed E-state index contributed by atoms with van der Waals surface area (Å²) < 4.78 is 31.3. The van der Waals surface area contributed by atoms with Crippen LogP contribution in [0.2, 0.25) is 5.02 Å². The Hall–Kier alpha value is -1.61. The molecule has 0 spiro atoms. The molecule has 0 aliphatic carbocycles. The van der Waals surface area contributed by atoms with E-state index in [9.17, 15) is 8.78 Å². The summed E-state index contributed by atoms with van der Waals surface area (Å²) in [5, 5.41) is 0.0690. The van der Waals surface area contributed by atoms with Crippen LogP contribution in [0, 0.1) is 11.6 Å². The van der Waals surface area contributed by atoms with Crippen molar-refractivity contribution in [1.82, 2.24) is 0 Å². The van der Waals surface area contributed by atoms with Gasteiger partial charge in [-0.05, 0) is 29.8 Å². The Bertz CT molecular complexity index is 529. The van der Waals surface area contributed by atoms with Crippen molar-refractivity contribution in [1.29, 1.82) is 0 Å². The molecule has 0 heterocycles. The number of hydrogen-bond acceptors (Lipinski definition) is 1. The summed E-state index contributed by atoms with van der Waals surface area (Å²) in [4.78, 5) is 0. The molecule has 0 N–H and O–H groups in total. The Kier molecular flexibility index (Phi) is 3.59. The topological polar surface area (TPSA) is 9.23 Å². The monoisotopic (exact) mass is 254 g/mol. The van der Waals surface area contributed by atoms with E-state index in [4.69, 9.17) is 16.3 Å². The first-order chi connectivity index (χ1) is 8.15. The first-order valence-electron chi connectivity index (χ1n) is 4.97. The smallest absolute Gasteiger partial charge is 0.142 e. The van der Waals surface area contributed by atoms with Gasteiger partial charge >= 0.3 is 0 Å². The summed E-state index contributed by atoms with van der Waals surface area (Å²) in [6.45, 7) is 0.164. The third kappa shape index (κ3) is 3.17. The predicted octanol–water partition coefficient (Wildman–Crippen LogP) is 4.20. The van der Waals surface area contributed by atoms with Gasteiger partial charge in [-0.15, -0.1) is 0 Å². The van der Waals surface area contributed by atoms with Gasteiger partial charge in [0, 0.05) is 6.07 Å². The molecule has 2 aromatic carbocycles. The molecule has 1 nitrogen and oxygen atoms in total. The van der Waals surface area contributed by atoms with Crippen LogP contribution in [0.4, 0.5) is 8.78 Å². The Morgan fingerprint density at radius 3 is 2.59 bits per heavy atom.